The molecule has 1 fully saturated rings. The van der Waals surface area contributed by atoms with Gasteiger partial charge in [-0.1, -0.05) is 6.07 Å². The first-order valence-corrected chi connectivity index (χ1v) is 5.99. The molecule has 1 saturated heterocycles. The molecule has 0 spiro atoms. The smallest absolute Gasteiger partial charge is 0.417 e. The number of likely N-dealkylation sites (tertiary alicyclic amines) is 1. The summed E-state index contributed by atoms with van der Waals surface area (Å²) in [6.45, 7) is -0.265. The standard InChI is InChI=1S/C13H11F3N2O3/c14-13(15,16)10-5-9(2-1-8(10)6-17)12(21)3-4-18(7-12)11(19)20/h1-2,5,21H,3-4,7H2,(H,19,20). The lowest BCUT2D eigenvalue weighted by Crippen LogP contribution is -2.33. The third kappa shape index (κ3) is 2.78. The minimum atomic E-state index is -4.72. The number of amides is 1. The summed E-state index contributed by atoms with van der Waals surface area (Å²) in [4.78, 5) is 11.8. The van der Waals surface area contributed by atoms with E-state index in [2.05, 4.69) is 0 Å². The van der Waals surface area contributed by atoms with E-state index in [1.807, 2.05) is 0 Å². The molecule has 1 unspecified atom stereocenters. The molecule has 2 rings (SSSR count). The second kappa shape index (κ2) is 4.93. The van der Waals surface area contributed by atoms with Crippen LogP contribution in [0.3, 0.4) is 0 Å². The van der Waals surface area contributed by atoms with E-state index in [1.54, 1.807) is 0 Å². The molecule has 112 valence electrons. The Morgan fingerprint density at radius 2 is 2.10 bits per heavy atom. The first-order chi connectivity index (χ1) is 9.67. The average molecular weight is 300 g/mol. The molecule has 0 saturated carbocycles. The van der Waals surface area contributed by atoms with E-state index in [4.69, 9.17) is 10.4 Å². The highest BCUT2D eigenvalue weighted by atomic mass is 19.4. The third-order valence-electron chi connectivity index (χ3n) is 3.50. The van der Waals surface area contributed by atoms with Gasteiger partial charge in [0.25, 0.3) is 0 Å². The molecule has 0 aliphatic carbocycles. The number of nitriles is 1. The number of carboxylic acid groups (broad SMARTS) is 1. The molecule has 8 heteroatoms. The molecule has 21 heavy (non-hydrogen) atoms. The highest BCUT2D eigenvalue weighted by Gasteiger charge is 2.42. The Morgan fingerprint density at radius 1 is 1.43 bits per heavy atom. The maximum atomic E-state index is 12.9. The molecule has 1 amide bonds. The second-order valence-corrected chi connectivity index (χ2v) is 4.86. The van der Waals surface area contributed by atoms with Crippen LogP contribution in [-0.4, -0.2) is 34.3 Å². The number of rotatable bonds is 1. The number of carbonyl (C=O) groups is 1. The van der Waals surface area contributed by atoms with E-state index >= 15 is 0 Å². The average Bonchev–Trinajstić information content (AvgIpc) is 2.81. The highest BCUT2D eigenvalue weighted by molar-refractivity contribution is 5.65. The Balaban J connectivity index is 2.43. The normalized spacial score (nSPS) is 22.1. The predicted molar refractivity (Wildman–Crippen MR) is 64.3 cm³/mol. The van der Waals surface area contributed by atoms with Crippen molar-refractivity contribution in [3.8, 4) is 6.07 Å². The zero-order valence-corrected chi connectivity index (χ0v) is 10.7. The van der Waals surface area contributed by atoms with Crippen molar-refractivity contribution < 1.29 is 28.2 Å². The van der Waals surface area contributed by atoms with Crippen molar-refractivity contribution in [3.63, 3.8) is 0 Å². The fourth-order valence-corrected chi connectivity index (χ4v) is 2.36. The molecule has 1 aromatic carbocycles. The number of β-amino-alcohol motifs (C(OH)–C–C–N with tert-alkyl or cyclic N) is 1. The van der Waals surface area contributed by atoms with Crippen molar-refractivity contribution in [1.29, 1.82) is 5.26 Å². The van der Waals surface area contributed by atoms with Gasteiger partial charge in [-0.3, -0.25) is 0 Å². The number of halogens is 3. The second-order valence-electron chi connectivity index (χ2n) is 4.86. The molecule has 0 bridgehead atoms. The van der Waals surface area contributed by atoms with E-state index in [0.29, 0.717) is 6.07 Å². The van der Waals surface area contributed by atoms with Crippen LogP contribution >= 0.6 is 0 Å². The van der Waals surface area contributed by atoms with E-state index in [0.717, 1.165) is 11.0 Å². The first kappa shape index (κ1) is 15.1. The van der Waals surface area contributed by atoms with Gasteiger partial charge >= 0.3 is 12.3 Å². The topological polar surface area (TPSA) is 84.6 Å². The monoisotopic (exact) mass is 300 g/mol. The van der Waals surface area contributed by atoms with Crippen LogP contribution in [0.5, 0.6) is 0 Å². The summed E-state index contributed by atoms with van der Waals surface area (Å²) in [7, 11) is 0. The molecule has 5 nitrogen and oxygen atoms in total. The quantitative estimate of drug-likeness (QED) is 0.832. The van der Waals surface area contributed by atoms with Gasteiger partial charge in [-0.15, -0.1) is 0 Å². The minimum absolute atomic E-state index is 0.00248. The van der Waals surface area contributed by atoms with Crippen molar-refractivity contribution in [1.82, 2.24) is 4.90 Å². The van der Waals surface area contributed by atoms with Crippen LogP contribution in [0.4, 0.5) is 18.0 Å². The zero-order valence-electron chi connectivity index (χ0n) is 10.7. The van der Waals surface area contributed by atoms with Crippen molar-refractivity contribution in [2.45, 2.75) is 18.2 Å². The molecule has 1 aliphatic rings. The fraction of sp³-hybridized carbons (Fsp3) is 0.385. The van der Waals surface area contributed by atoms with Gasteiger partial charge in [0.15, 0.2) is 0 Å². The molecule has 1 aromatic rings. The third-order valence-corrected chi connectivity index (χ3v) is 3.50. The van der Waals surface area contributed by atoms with Crippen molar-refractivity contribution in [2.24, 2.45) is 0 Å². The molecule has 1 atom stereocenters. The van der Waals surface area contributed by atoms with Crippen LogP contribution in [0.25, 0.3) is 0 Å². The van der Waals surface area contributed by atoms with Crippen LogP contribution in [0.1, 0.15) is 23.1 Å². The predicted octanol–water partition coefficient (Wildman–Crippen LogP) is 2.15. The Hall–Kier alpha value is -2.27. The summed E-state index contributed by atoms with van der Waals surface area (Å²) >= 11 is 0. The highest BCUT2D eigenvalue weighted by Crippen LogP contribution is 2.37. The van der Waals surface area contributed by atoms with Gasteiger partial charge in [-0.05, 0) is 24.1 Å². The van der Waals surface area contributed by atoms with E-state index in [9.17, 15) is 23.1 Å². The van der Waals surface area contributed by atoms with Gasteiger partial charge < -0.3 is 15.1 Å². The Morgan fingerprint density at radius 3 is 2.57 bits per heavy atom. The van der Waals surface area contributed by atoms with Gasteiger partial charge in [-0.25, -0.2) is 4.79 Å². The van der Waals surface area contributed by atoms with Gasteiger partial charge in [0.1, 0.15) is 5.60 Å². The van der Waals surface area contributed by atoms with Crippen LogP contribution < -0.4 is 0 Å². The lowest BCUT2D eigenvalue weighted by molar-refractivity contribution is -0.138. The van der Waals surface area contributed by atoms with Gasteiger partial charge in [-0.2, -0.15) is 18.4 Å². The van der Waals surface area contributed by atoms with Crippen LogP contribution in [0, 0.1) is 11.3 Å². The minimum Gasteiger partial charge on any atom is -0.465 e. The molecule has 0 radical (unpaired) electrons. The maximum Gasteiger partial charge on any atom is 0.417 e. The van der Waals surface area contributed by atoms with Gasteiger partial charge in [0, 0.05) is 6.54 Å². The van der Waals surface area contributed by atoms with E-state index < -0.39 is 29.0 Å². The van der Waals surface area contributed by atoms with Gasteiger partial charge in [0.2, 0.25) is 0 Å². The summed E-state index contributed by atoms with van der Waals surface area (Å²) in [6.07, 6.45) is -5.96. The van der Waals surface area contributed by atoms with Crippen LogP contribution in [-0.2, 0) is 11.8 Å². The molecule has 0 aromatic heterocycles. The number of hydrogen-bond donors (Lipinski definition) is 2. The lowest BCUT2D eigenvalue weighted by Gasteiger charge is -2.24. The summed E-state index contributed by atoms with van der Waals surface area (Å²) in [5, 5.41) is 27.9. The van der Waals surface area contributed by atoms with Gasteiger partial charge in [0.05, 0.1) is 23.7 Å². The first-order valence-electron chi connectivity index (χ1n) is 5.99. The number of hydrogen-bond acceptors (Lipinski definition) is 3. The fourth-order valence-electron chi connectivity index (χ4n) is 2.36. The summed E-state index contributed by atoms with van der Waals surface area (Å²) in [5.74, 6) is 0. The summed E-state index contributed by atoms with van der Waals surface area (Å²) in [6, 6.07) is 4.37. The Bertz CT molecular complexity index is 624. The van der Waals surface area contributed by atoms with Crippen LogP contribution in [0.2, 0.25) is 0 Å². The maximum absolute atomic E-state index is 12.9. The number of aliphatic hydroxyl groups is 1. The Labute approximate surface area is 117 Å². The molecule has 1 aliphatic heterocycles. The molecular formula is C13H11F3N2O3. The molecule has 2 N–H and O–H groups in total. The van der Waals surface area contributed by atoms with E-state index in [1.165, 1.54) is 12.1 Å². The molecular weight excluding hydrogens is 289 g/mol. The zero-order chi connectivity index (χ0) is 15.8. The molecule has 1 heterocycles. The van der Waals surface area contributed by atoms with Crippen molar-refractivity contribution in [2.75, 3.05) is 13.1 Å². The van der Waals surface area contributed by atoms with Crippen molar-refractivity contribution in [3.05, 3.63) is 34.9 Å². The largest absolute Gasteiger partial charge is 0.465 e. The SMILES string of the molecule is N#Cc1ccc(C2(O)CCN(C(=O)O)C2)cc1C(F)(F)F. The lowest BCUT2D eigenvalue weighted by atomic mass is 9.90. The number of nitrogens with zero attached hydrogens (tertiary/aromatic N) is 2. The summed E-state index contributed by atoms with van der Waals surface area (Å²) in [5.41, 5.74) is -3.39. The number of alkyl halides is 3. The Kier molecular flexibility index (Phi) is 3.55. The van der Waals surface area contributed by atoms with E-state index in [-0.39, 0.29) is 25.1 Å². The van der Waals surface area contributed by atoms with Crippen molar-refractivity contribution >= 4 is 6.09 Å². The summed E-state index contributed by atoms with van der Waals surface area (Å²) < 4.78 is 38.7. The number of benzene rings is 1. The van der Waals surface area contributed by atoms with Crippen LogP contribution in [0.15, 0.2) is 18.2 Å².